The van der Waals surface area contributed by atoms with Gasteiger partial charge in [-0.3, -0.25) is 9.59 Å². The number of carbonyl (C=O) groups excluding carboxylic acids is 2. The molecule has 1 amide bonds. The highest BCUT2D eigenvalue weighted by Gasteiger charge is 2.40. The third-order valence-corrected chi connectivity index (χ3v) is 6.74. The quantitative estimate of drug-likeness (QED) is 0.661. The number of nitrogens with one attached hydrogen (secondary N) is 1. The molecule has 3 N–H and O–H groups in total. The lowest BCUT2D eigenvalue weighted by atomic mass is 9.94. The van der Waals surface area contributed by atoms with E-state index in [2.05, 4.69) is 21.3 Å². The molecule has 24 heavy (non-hydrogen) atoms. The minimum absolute atomic E-state index is 0. The van der Waals surface area contributed by atoms with Crippen molar-refractivity contribution in [3.8, 4) is 0 Å². The van der Waals surface area contributed by atoms with Crippen molar-refractivity contribution in [2.45, 2.75) is 44.2 Å². The molecule has 2 unspecified atom stereocenters. The lowest BCUT2D eigenvalue weighted by molar-refractivity contribution is -0.147. The Hall–Kier alpha value is -0.410. The van der Waals surface area contributed by atoms with E-state index in [1.54, 1.807) is 0 Å². The van der Waals surface area contributed by atoms with Crippen LogP contribution in [0.15, 0.2) is 4.36 Å². The van der Waals surface area contributed by atoms with Gasteiger partial charge >= 0.3 is 5.97 Å². The number of ether oxygens (including phenoxy) is 1. The van der Waals surface area contributed by atoms with Crippen molar-refractivity contribution in [3.63, 3.8) is 0 Å². The second kappa shape index (κ2) is 9.33. The van der Waals surface area contributed by atoms with Crippen LogP contribution in [0.4, 0.5) is 0 Å². The van der Waals surface area contributed by atoms with Crippen molar-refractivity contribution in [2.24, 2.45) is 16.0 Å². The highest BCUT2D eigenvalue weighted by atomic mass is 35.5. The van der Waals surface area contributed by atoms with Crippen molar-refractivity contribution in [3.05, 3.63) is 0 Å². The molecule has 0 spiro atoms. The summed E-state index contributed by atoms with van der Waals surface area (Å²) < 4.78 is 21.4. The molecule has 2 aliphatic rings. The van der Waals surface area contributed by atoms with Crippen molar-refractivity contribution in [1.82, 2.24) is 5.32 Å². The summed E-state index contributed by atoms with van der Waals surface area (Å²) in [5, 5.41) is 3.15. The van der Waals surface area contributed by atoms with Crippen LogP contribution in [-0.2, 0) is 24.1 Å². The second-order valence-electron chi connectivity index (χ2n) is 6.40. The summed E-state index contributed by atoms with van der Waals surface area (Å²) in [4.78, 5) is 23.9. The maximum Gasteiger partial charge on any atom is 0.325 e. The average Bonchev–Trinajstić information content (AvgIpc) is 2.50. The van der Waals surface area contributed by atoms with Crippen LogP contribution in [0.1, 0.15) is 32.6 Å². The molecule has 2 atom stereocenters. The van der Waals surface area contributed by atoms with Crippen molar-refractivity contribution >= 4 is 46.4 Å². The fourth-order valence-corrected chi connectivity index (χ4v) is 5.05. The summed E-state index contributed by atoms with van der Waals surface area (Å²) in [6, 6.07) is -0.334. The van der Waals surface area contributed by atoms with Gasteiger partial charge in [0.05, 0.1) is 22.9 Å². The third kappa shape index (κ3) is 5.56. The smallest absolute Gasteiger partial charge is 0.325 e. The molecular formula is C14H27Cl2N3O4S. The molecule has 0 aliphatic carbocycles. The van der Waals surface area contributed by atoms with Crippen LogP contribution in [0, 0.1) is 5.92 Å². The number of hydrogen-bond acceptors (Lipinski definition) is 6. The Morgan fingerprint density at radius 2 is 1.83 bits per heavy atom. The number of amides is 1. The molecule has 0 aromatic carbocycles. The summed E-state index contributed by atoms with van der Waals surface area (Å²) in [5.41, 5.74) is 4.88. The number of carbonyl (C=O) groups is 2. The van der Waals surface area contributed by atoms with E-state index in [9.17, 15) is 13.8 Å². The number of rotatable bonds is 2. The molecule has 0 bridgehead atoms. The van der Waals surface area contributed by atoms with E-state index in [0.717, 1.165) is 19.4 Å². The van der Waals surface area contributed by atoms with Crippen LogP contribution in [0.25, 0.3) is 0 Å². The Bertz CT molecular complexity index is 556. The van der Waals surface area contributed by atoms with Gasteiger partial charge in [0.25, 0.3) is 5.91 Å². The summed E-state index contributed by atoms with van der Waals surface area (Å²) >= 11 is 0. The van der Waals surface area contributed by atoms with Crippen LogP contribution in [0.2, 0.25) is 0 Å². The van der Waals surface area contributed by atoms with Gasteiger partial charge in [-0.1, -0.05) is 6.92 Å². The molecule has 0 aromatic rings. The lowest BCUT2D eigenvalue weighted by Crippen LogP contribution is -2.54. The zero-order valence-electron chi connectivity index (χ0n) is 14.0. The summed E-state index contributed by atoms with van der Waals surface area (Å²) in [5.74, 6) is 0.0360. The number of piperidine rings is 1. The summed E-state index contributed by atoms with van der Waals surface area (Å²) in [6.07, 6.45) is 2.14. The van der Waals surface area contributed by atoms with Gasteiger partial charge in [-0.05, 0) is 38.1 Å². The maximum absolute atomic E-state index is 12.7. The van der Waals surface area contributed by atoms with Crippen molar-refractivity contribution in [2.75, 3.05) is 25.2 Å². The predicted molar refractivity (Wildman–Crippen MR) is 98.2 cm³/mol. The van der Waals surface area contributed by atoms with E-state index in [0.29, 0.717) is 5.92 Å². The predicted octanol–water partition coefficient (Wildman–Crippen LogP) is 0.877. The van der Waals surface area contributed by atoms with Gasteiger partial charge in [0.2, 0.25) is 0 Å². The van der Waals surface area contributed by atoms with Crippen LogP contribution < -0.4 is 11.1 Å². The molecule has 142 valence electrons. The van der Waals surface area contributed by atoms with Gasteiger partial charge in [0.1, 0.15) is 5.54 Å². The Balaban J connectivity index is 0.00000264. The molecular weight excluding hydrogens is 377 g/mol. The van der Waals surface area contributed by atoms with Gasteiger partial charge in [-0.25, -0.2) is 4.21 Å². The molecule has 0 radical (unpaired) electrons. The Morgan fingerprint density at radius 1 is 1.25 bits per heavy atom. The van der Waals surface area contributed by atoms with Crippen LogP contribution in [0.5, 0.6) is 0 Å². The van der Waals surface area contributed by atoms with Gasteiger partial charge in [0.15, 0.2) is 0 Å². The Kier molecular flexibility index (Phi) is 9.17. The first-order valence-corrected chi connectivity index (χ1v) is 9.50. The fraction of sp³-hybridized carbons (Fsp3) is 0.857. The Labute approximate surface area is 155 Å². The van der Waals surface area contributed by atoms with Crippen LogP contribution in [0.3, 0.4) is 0 Å². The first-order valence-electron chi connectivity index (χ1n) is 7.65. The maximum atomic E-state index is 12.7. The lowest BCUT2D eigenvalue weighted by Gasteiger charge is -2.32. The van der Waals surface area contributed by atoms with Crippen molar-refractivity contribution < 1.29 is 18.5 Å². The molecule has 2 rings (SSSR count). The second-order valence-corrected chi connectivity index (χ2v) is 8.95. The molecule has 2 aliphatic heterocycles. The molecule has 10 heteroatoms. The molecule has 2 heterocycles. The number of nitrogens with two attached hydrogens (primary N) is 1. The van der Waals surface area contributed by atoms with E-state index in [4.69, 9.17) is 5.73 Å². The zero-order chi connectivity index (χ0) is 16.4. The zero-order valence-corrected chi connectivity index (χ0v) is 16.4. The monoisotopic (exact) mass is 403 g/mol. The normalized spacial score (nSPS) is 35.8. The fourth-order valence-electron chi connectivity index (χ4n) is 2.85. The van der Waals surface area contributed by atoms with Gasteiger partial charge in [-0.15, -0.1) is 24.8 Å². The highest BCUT2D eigenvalue weighted by molar-refractivity contribution is 7.93. The third-order valence-electron chi connectivity index (χ3n) is 4.54. The SMILES string of the molecule is COC(=O)C1(N)CCS(=O)(=NC(=O)C2CCC(C)CN2)CC1.Cl.Cl. The van der Waals surface area contributed by atoms with Crippen LogP contribution >= 0.6 is 24.8 Å². The number of esters is 1. The van der Waals surface area contributed by atoms with Gasteiger partial charge < -0.3 is 15.8 Å². The van der Waals surface area contributed by atoms with E-state index in [1.807, 2.05) is 0 Å². The van der Waals surface area contributed by atoms with E-state index in [-0.39, 0.29) is 61.1 Å². The number of halogens is 2. The molecule has 0 aromatic heterocycles. The van der Waals surface area contributed by atoms with E-state index < -0.39 is 21.2 Å². The largest absolute Gasteiger partial charge is 0.468 e. The molecule has 2 saturated heterocycles. The average molecular weight is 404 g/mol. The first-order chi connectivity index (χ1) is 10.3. The minimum Gasteiger partial charge on any atom is -0.468 e. The minimum atomic E-state index is -2.62. The number of hydrogen-bond donors (Lipinski definition) is 2. The van der Waals surface area contributed by atoms with Crippen molar-refractivity contribution in [1.29, 1.82) is 0 Å². The van der Waals surface area contributed by atoms with Crippen LogP contribution in [-0.4, -0.2) is 52.8 Å². The first kappa shape index (κ1) is 23.6. The molecule has 0 saturated carbocycles. The number of methoxy groups -OCH3 is 1. The van der Waals surface area contributed by atoms with Gasteiger partial charge in [-0.2, -0.15) is 4.36 Å². The number of nitrogens with zero attached hydrogens (tertiary/aromatic N) is 1. The summed E-state index contributed by atoms with van der Waals surface area (Å²) in [7, 11) is -1.33. The van der Waals surface area contributed by atoms with Gasteiger partial charge in [0, 0.05) is 11.5 Å². The topological polar surface area (TPSA) is 111 Å². The highest BCUT2D eigenvalue weighted by Crippen LogP contribution is 2.24. The standard InChI is InChI=1S/C14H25N3O4S.2ClH/c1-10-3-4-11(16-9-10)12(18)17-22(20)7-5-14(15,6-8-22)13(19)21-2;;/h10-11,16H,3-9,15H2,1-2H3;2*1H. The molecule has 7 nitrogen and oxygen atoms in total. The Morgan fingerprint density at radius 3 is 2.29 bits per heavy atom. The molecule has 2 fully saturated rings. The van der Waals surface area contributed by atoms with E-state index >= 15 is 0 Å². The summed E-state index contributed by atoms with van der Waals surface area (Å²) in [6.45, 7) is 2.90. The van der Waals surface area contributed by atoms with E-state index in [1.165, 1.54) is 7.11 Å².